The molecule has 190 valence electrons. The fourth-order valence-electron chi connectivity index (χ4n) is 4.22. The Kier molecular flexibility index (Phi) is 7.80. The van der Waals surface area contributed by atoms with Crippen molar-refractivity contribution in [2.75, 3.05) is 34.9 Å². The molecule has 0 atom stereocenters. The quantitative estimate of drug-likeness (QED) is 0.285. The standard InChI is InChI=1S/C27H32BrN5O3/c1-17(2)18-7-9-19(10-8-18)25-30-23-22(28)20(15-21(36-6)24(23)33(25)13-14-35-5)16-32-12-11-29-26(32)27(34)31(3)4/h7-12,15,17H,13-14,16H2,1-6H3. The first-order chi connectivity index (χ1) is 17.3. The second kappa shape index (κ2) is 10.8. The number of carbonyl (C=O) groups excluding carboxylic acids is 1. The topological polar surface area (TPSA) is 74.4 Å². The first-order valence-electron chi connectivity index (χ1n) is 11.8. The number of carbonyl (C=O) groups is 1. The van der Waals surface area contributed by atoms with Gasteiger partial charge in [0.25, 0.3) is 5.91 Å². The largest absolute Gasteiger partial charge is 0.494 e. The average Bonchev–Trinajstić information content (AvgIpc) is 3.49. The molecule has 4 aromatic rings. The van der Waals surface area contributed by atoms with Crippen molar-refractivity contribution in [3.8, 4) is 17.1 Å². The van der Waals surface area contributed by atoms with E-state index in [1.54, 1.807) is 40.7 Å². The minimum absolute atomic E-state index is 0.153. The van der Waals surface area contributed by atoms with Crippen molar-refractivity contribution in [1.82, 2.24) is 24.0 Å². The normalized spacial score (nSPS) is 11.4. The number of aromatic nitrogens is 4. The predicted octanol–water partition coefficient (Wildman–Crippen LogP) is 5.19. The lowest BCUT2D eigenvalue weighted by atomic mass is 10.0. The maximum atomic E-state index is 12.6. The van der Waals surface area contributed by atoms with E-state index >= 15 is 0 Å². The molecule has 1 amide bonds. The van der Waals surface area contributed by atoms with Crippen molar-refractivity contribution in [2.24, 2.45) is 0 Å². The van der Waals surface area contributed by atoms with Gasteiger partial charge in [-0.05, 0) is 39.0 Å². The zero-order valence-electron chi connectivity index (χ0n) is 21.6. The number of hydrogen-bond acceptors (Lipinski definition) is 5. The first-order valence-corrected chi connectivity index (χ1v) is 12.6. The highest BCUT2D eigenvalue weighted by molar-refractivity contribution is 9.10. The van der Waals surface area contributed by atoms with Crippen LogP contribution in [0.2, 0.25) is 0 Å². The molecular formula is C27H32BrN5O3. The number of rotatable bonds is 9. The molecule has 0 radical (unpaired) electrons. The van der Waals surface area contributed by atoms with E-state index in [2.05, 4.69) is 63.6 Å². The Balaban J connectivity index is 1.86. The number of halogens is 1. The molecule has 2 aromatic heterocycles. The van der Waals surface area contributed by atoms with Gasteiger partial charge >= 0.3 is 0 Å². The Morgan fingerprint density at radius 2 is 1.89 bits per heavy atom. The van der Waals surface area contributed by atoms with Gasteiger partial charge in [-0.3, -0.25) is 4.79 Å². The molecule has 0 unspecified atom stereocenters. The van der Waals surface area contributed by atoms with Gasteiger partial charge in [0.05, 0.1) is 24.7 Å². The highest BCUT2D eigenvalue weighted by Crippen LogP contribution is 2.38. The summed E-state index contributed by atoms with van der Waals surface area (Å²) in [5.74, 6) is 2.23. The Morgan fingerprint density at radius 3 is 2.50 bits per heavy atom. The van der Waals surface area contributed by atoms with Crippen molar-refractivity contribution >= 4 is 32.9 Å². The van der Waals surface area contributed by atoms with Crippen LogP contribution in [0.1, 0.15) is 41.5 Å². The van der Waals surface area contributed by atoms with Crippen LogP contribution >= 0.6 is 15.9 Å². The number of hydrogen-bond donors (Lipinski definition) is 0. The lowest BCUT2D eigenvalue weighted by Crippen LogP contribution is -2.25. The third-order valence-corrected chi connectivity index (χ3v) is 7.11. The van der Waals surface area contributed by atoms with Crippen LogP contribution in [0, 0.1) is 0 Å². The summed E-state index contributed by atoms with van der Waals surface area (Å²) >= 11 is 3.81. The third kappa shape index (κ3) is 4.90. The van der Waals surface area contributed by atoms with Gasteiger partial charge in [0.15, 0.2) is 5.82 Å². The van der Waals surface area contributed by atoms with E-state index in [9.17, 15) is 4.79 Å². The van der Waals surface area contributed by atoms with Crippen molar-refractivity contribution in [3.05, 3.63) is 64.1 Å². The predicted molar refractivity (Wildman–Crippen MR) is 145 cm³/mol. The average molecular weight is 554 g/mol. The zero-order valence-corrected chi connectivity index (χ0v) is 23.2. The van der Waals surface area contributed by atoms with Crippen molar-refractivity contribution in [3.63, 3.8) is 0 Å². The molecule has 0 aliphatic rings. The van der Waals surface area contributed by atoms with Crippen LogP contribution in [0.15, 0.2) is 47.2 Å². The summed E-state index contributed by atoms with van der Waals surface area (Å²) in [6.45, 7) is 5.97. The lowest BCUT2D eigenvalue weighted by Gasteiger charge is -2.15. The number of fused-ring (bicyclic) bond motifs is 1. The van der Waals surface area contributed by atoms with Crippen LogP contribution in [0.25, 0.3) is 22.4 Å². The molecule has 9 heteroatoms. The number of amides is 1. The van der Waals surface area contributed by atoms with E-state index in [1.165, 1.54) is 10.5 Å². The van der Waals surface area contributed by atoms with Gasteiger partial charge < -0.3 is 23.5 Å². The summed E-state index contributed by atoms with van der Waals surface area (Å²) in [6.07, 6.45) is 3.44. The van der Waals surface area contributed by atoms with E-state index < -0.39 is 0 Å². The molecule has 0 aliphatic carbocycles. The summed E-state index contributed by atoms with van der Waals surface area (Å²) in [5.41, 5.74) is 4.93. The van der Waals surface area contributed by atoms with Crippen LogP contribution < -0.4 is 4.74 Å². The number of ether oxygens (including phenoxy) is 2. The van der Waals surface area contributed by atoms with E-state index in [1.807, 2.05) is 10.6 Å². The van der Waals surface area contributed by atoms with Gasteiger partial charge in [0, 0.05) is 45.7 Å². The molecule has 0 bridgehead atoms. The highest BCUT2D eigenvalue weighted by Gasteiger charge is 2.23. The fourth-order valence-corrected chi connectivity index (χ4v) is 4.74. The Bertz CT molecular complexity index is 1370. The SMILES string of the molecule is COCCn1c(-c2ccc(C(C)C)cc2)nc2c(Br)c(Cn3ccnc3C(=O)N(C)C)cc(OC)c21. The number of nitrogens with zero attached hydrogens (tertiary/aromatic N) is 5. The molecule has 2 heterocycles. The fraction of sp³-hybridized carbons (Fsp3) is 0.370. The van der Waals surface area contributed by atoms with Gasteiger partial charge in [-0.2, -0.15) is 0 Å². The van der Waals surface area contributed by atoms with Gasteiger partial charge in [-0.15, -0.1) is 0 Å². The maximum Gasteiger partial charge on any atom is 0.289 e. The third-order valence-electron chi connectivity index (χ3n) is 6.22. The highest BCUT2D eigenvalue weighted by atomic mass is 79.9. The summed E-state index contributed by atoms with van der Waals surface area (Å²) in [4.78, 5) is 23.5. The molecule has 0 aliphatic heterocycles. The van der Waals surface area contributed by atoms with E-state index in [4.69, 9.17) is 14.5 Å². The molecular weight excluding hydrogens is 522 g/mol. The summed E-state index contributed by atoms with van der Waals surface area (Å²) < 4.78 is 16.1. The van der Waals surface area contributed by atoms with Crippen molar-refractivity contribution in [1.29, 1.82) is 0 Å². The number of benzene rings is 2. The molecule has 4 rings (SSSR count). The minimum atomic E-state index is -0.153. The van der Waals surface area contributed by atoms with Crippen LogP contribution in [-0.4, -0.2) is 64.8 Å². The van der Waals surface area contributed by atoms with Gasteiger partial charge in [0.2, 0.25) is 0 Å². The van der Waals surface area contributed by atoms with Crippen LogP contribution in [0.3, 0.4) is 0 Å². The van der Waals surface area contributed by atoms with Crippen molar-refractivity contribution in [2.45, 2.75) is 32.9 Å². The number of imidazole rings is 2. The summed E-state index contributed by atoms with van der Waals surface area (Å²) in [5, 5.41) is 0. The number of methoxy groups -OCH3 is 2. The summed E-state index contributed by atoms with van der Waals surface area (Å²) in [6, 6.07) is 10.5. The van der Waals surface area contributed by atoms with Crippen molar-refractivity contribution < 1.29 is 14.3 Å². The Labute approximate surface area is 220 Å². The van der Waals surface area contributed by atoms with E-state index in [0.29, 0.717) is 37.2 Å². The Hall–Kier alpha value is -3.17. The van der Waals surface area contributed by atoms with Gasteiger partial charge in [-0.1, -0.05) is 38.1 Å². The molecule has 0 saturated heterocycles. The van der Waals surface area contributed by atoms with Crippen LogP contribution in [0.5, 0.6) is 5.75 Å². The van der Waals surface area contributed by atoms with Gasteiger partial charge in [0.1, 0.15) is 22.6 Å². The molecule has 0 N–H and O–H groups in total. The molecule has 0 saturated carbocycles. The van der Waals surface area contributed by atoms with E-state index in [0.717, 1.165) is 32.5 Å². The monoisotopic (exact) mass is 553 g/mol. The molecule has 0 spiro atoms. The molecule has 0 fully saturated rings. The van der Waals surface area contributed by atoms with Crippen LogP contribution in [0.4, 0.5) is 0 Å². The van der Waals surface area contributed by atoms with Crippen LogP contribution in [-0.2, 0) is 17.8 Å². The van der Waals surface area contributed by atoms with Gasteiger partial charge in [-0.25, -0.2) is 9.97 Å². The summed E-state index contributed by atoms with van der Waals surface area (Å²) in [7, 11) is 6.79. The Morgan fingerprint density at radius 1 is 1.17 bits per heavy atom. The molecule has 2 aromatic carbocycles. The minimum Gasteiger partial charge on any atom is -0.494 e. The second-order valence-corrected chi connectivity index (χ2v) is 9.98. The molecule has 36 heavy (non-hydrogen) atoms. The second-order valence-electron chi connectivity index (χ2n) is 9.18. The lowest BCUT2D eigenvalue weighted by molar-refractivity contribution is 0.0811. The zero-order chi connectivity index (χ0) is 26.0. The smallest absolute Gasteiger partial charge is 0.289 e. The maximum absolute atomic E-state index is 12.6. The first kappa shape index (κ1) is 25.9. The van der Waals surface area contributed by atoms with E-state index in [-0.39, 0.29) is 5.91 Å². The molecule has 8 nitrogen and oxygen atoms in total.